The van der Waals surface area contributed by atoms with Crippen LogP contribution in [-0.2, 0) is 13.1 Å². The quantitative estimate of drug-likeness (QED) is 0.635. The van der Waals surface area contributed by atoms with Crippen molar-refractivity contribution in [3.8, 4) is 11.6 Å². The fourth-order valence-electron chi connectivity index (χ4n) is 4.44. The Morgan fingerprint density at radius 3 is 2.78 bits per heavy atom. The molecule has 1 aromatic carbocycles. The molecule has 2 aromatic heterocycles. The average molecular weight is 436 g/mol. The number of likely N-dealkylation sites (tertiary alicyclic amines) is 1. The summed E-state index contributed by atoms with van der Waals surface area (Å²) in [7, 11) is 0. The third kappa shape index (κ3) is 4.61. The van der Waals surface area contributed by atoms with E-state index in [9.17, 15) is 4.79 Å². The van der Waals surface area contributed by atoms with Crippen LogP contribution >= 0.6 is 0 Å². The maximum absolute atomic E-state index is 12.4. The Balaban J connectivity index is 1.13. The zero-order chi connectivity index (χ0) is 21.9. The highest BCUT2D eigenvalue weighted by Gasteiger charge is 2.20. The number of piperidine rings is 1. The average Bonchev–Trinajstić information content (AvgIpc) is 2.82. The van der Waals surface area contributed by atoms with Crippen molar-refractivity contribution in [3.63, 3.8) is 0 Å². The van der Waals surface area contributed by atoms with Gasteiger partial charge in [-0.2, -0.15) is 0 Å². The molecule has 0 spiro atoms. The summed E-state index contributed by atoms with van der Waals surface area (Å²) in [6.45, 7) is 7.54. The van der Waals surface area contributed by atoms with Crippen molar-refractivity contribution in [1.29, 1.82) is 0 Å². The topological polar surface area (TPSA) is 81.5 Å². The molecule has 0 radical (unpaired) electrons. The minimum atomic E-state index is -0.0345. The Bertz CT molecular complexity index is 1150. The van der Waals surface area contributed by atoms with Gasteiger partial charge in [0.25, 0.3) is 11.4 Å². The summed E-state index contributed by atoms with van der Waals surface area (Å²) in [6, 6.07) is 8.55. The lowest BCUT2D eigenvalue weighted by atomic mass is 10.0. The lowest BCUT2D eigenvalue weighted by molar-refractivity contribution is 0.164. The van der Waals surface area contributed by atoms with Crippen molar-refractivity contribution in [3.05, 3.63) is 58.1 Å². The maximum atomic E-state index is 12.4. The minimum Gasteiger partial charge on any atom is -0.484 e. The van der Waals surface area contributed by atoms with Gasteiger partial charge in [-0.25, -0.2) is 9.97 Å². The zero-order valence-corrected chi connectivity index (χ0v) is 18.4. The first-order valence-electron chi connectivity index (χ1n) is 11.3. The van der Waals surface area contributed by atoms with Gasteiger partial charge in [0, 0.05) is 31.9 Å². The molecule has 0 bridgehead atoms. The smallest absolute Gasteiger partial charge is 0.269 e. The molecule has 0 amide bonds. The molecule has 0 saturated carbocycles. The van der Waals surface area contributed by atoms with Crippen LogP contribution in [0.2, 0.25) is 0 Å². The van der Waals surface area contributed by atoms with Crippen LogP contribution in [0.1, 0.15) is 24.0 Å². The van der Waals surface area contributed by atoms with E-state index in [4.69, 9.17) is 9.47 Å². The zero-order valence-electron chi connectivity index (χ0n) is 18.4. The predicted molar refractivity (Wildman–Crippen MR) is 122 cm³/mol. The van der Waals surface area contributed by atoms with Crippen LogP contribution in [0, 0.1) is 6.92 Å². The first-order chi connectivity index (χ1) is 15.7. The third-order valence-electron chi connectivity index (χ3n) is 6.28. The van der Waals surface area contributed by atoms with Gasteiger partial charge in [-0.1, -0.05) is 6.07 Å². The fraction of sp³-hybridized carbons (Fsp3) is 0.458. The number of pyridine rings is 1. The van der Waals surface area contributed by atoms with Gasteiger partial charge in [0.05, 0.1) is 17.2 Å². The van der Waals surface area contributed by atoms with Crippen molar-refractivity contribution in [2.45, 2.75) is 38.9 Å². The monoisotopic (exact) mass is 435 g/mol. The normalized spacial score (nSPS) is 17.0. The van der Waals surface area contributed by atoms with Gasteiger partial charge in [-0.15, -0.1) is 0 Å². The second-order valence-corrected chi connectivity index (χ2v) is 8.58. The molecule has 2 aliphatic heterocycles. The number of aromatic nitrogens is 3. The van der Waals surface area contributed by atoms with Crippen LogP contribution in [0.5, 0.6) is 11.6 Å². The Labute approximate surface area is 187 Å². The van der Waals surface area contributed by atoms with E-state index in [0.717, 1.165) is 66.9 Å². The van der Waals surface area contributed by atoms with Crippen LogP contribution in [-0.4, -0.2) is 58.3 Å². The van der Waals surface area contributed by atoms with Crippen molar-refractivity contribution in [2.75, 3.05) is 32.8 Å². The summed E-state index contributed by atoms with van der Waals surface area (Å²) in [5.41, 5.74) is 4.00. The van der Waals surface area contributed by atoms with E-state index < -0.39 is 0 Å². The molecule has 32 heavy (non-hydrogen) atoms. The number of nitrogens with one attached hydrogen (secondary N) is 1. The highest BCUT2D eigenvalue weighted by Crippen LogP contribution is 2.28. The molecule has 8 heteroatoms. The number of hydrogen-bond acceptors (Lipinski definition) is 7. The summed E-state index contributed by atoms with van der Waals surface area (Å²) in [5.74, 6) is 1.32. The van der Waals surface area contributed by atoms with Crippen LogP contribution in [0.3, 0.4) is 0 Å². The van der Waals surface area contributed by atoms with Gasteiger partial charge in [-0.05, 0) is 62.2 Å². The number of aryl methyl sites for hydroxylation is 1. The van der Waals surface area contributed by atoms with Crippen LogP contribution in [0.25, 0.3) is 11.0 Å². The second-order valence-electron chi connectivity index (χ2n) is 8.58. The minimum absolute atomic E-state index is 0.0345. The summed E-state index contributed by atoms with van der Waals surface area (Å²) < 4.78 is 13.0. The predicted octanol–water partition coefficient (Wildman–Crippen LogP) is 2.13. The molecule has 4 heterocycles. The summed E-state index contributed by atoms with van der Waals surface area (Å²) >= 11 is 0. The molecule has 0 unspecified atom stereocenters. The Hall–Kier alpha value is -2.97. The molecule has 0 atom stereocenters. The van der Waals surface area contributed by atoms with Gasteiger partial charge in [0.1, 0.15) is 13.2 Å². The molecule has 1 saturated heterocycles. The molecular weight excluding hydrogens is 406 g/mol. The Morgan fingerprint density at radius 1 is 1.06 bits per heavy atom. The molecule has 5 rings (SSSR count). The van der Waals surface area contributed by atoms with Crippen molar-refractivity contribution < 1.29 is 9.47 Å². The number of nitrogens with zero attached hydrogens (tertiary/aromatic N) is 4. The van der Waals surface area contributed by atoms with Gasteiger partial charge in [0.15, 0.2) is 5.75 Å². The molecule has 0 aliphatic carbocycles. The summed E-state index contributed by atoms with van der Waals surface area (Å²) in [5, 5.41) is 3.65. The lowest BCUT2D eigenvalue weighted by Crippen LogP contribution is -2.43. The first-order valence-corrected chi connectivity index (χ1v) is 11.3. The molecule has 1 fully saturated rings. The van der Waals surface area contributed by atoms with Crippen molar-refractivity contribution >= 4 is 11.0 Å². The van der Waals surface area contributed by atoms with E-state index >= 15 is 0 Å². The van der Waals surface area contributed by atoms with Gasteiger partial charge >= 0.3 is 0 Å². The molecule has 8 nitrogen and oxygen atoms in total. The Kier molecular flexibility index (Phi) is 6.05. The largest absolute Gasteiger partial charge is 0.484 e. The SMILES string of the molecule is Cc1ccc2ncc(=O)n(CCN3CCC(NCc4cnc5c(c4)OCCO5)CC3)c2c1. The van der Waals surface area contributed by atoms with E-state index in [-0.39, 0.29) is 5.56 Å². The second kappa shape index (κ2) is 9.26. The molecule has 1 N–H and O–H groups in total. The standard InChI is InChI=1S/C24H29N5O3/c1-17-2-3-20-21(12-17)29(23(30)16-26-20)9-8-28-6-4-19(5-7-28)25-14-18-13-22-24(27-15-18)32-11-10-31-22/h2-3,12-13,15-16,19,25H,4-11,14H2,1H3. The number of rotatable bonds is 6. The first kappa shape index (κ1) is 20.9. The highest BCUT2D eigenvalue weighted by atomic mass is 16.6. The van der Waals surface area contributed by atoms with Crippen LogP contribution in [0.15, 0.2) is 41.5 Å². The van der Waals surface area contributed by atoms with E-state index in [2.05, 4.69) is 20.2 Å². The van der Waals surface area contributed by atoms with Crippen molar-refractivity contribution in [2.24, 2.45) is 0 Å². The molecule has 168 valence electrons. The van der Waals surface area contributed by atoms with Gasteiger partial charge in [-0.3, -0.25) is 4.79 Å². The van der Waals surface area contributed by atoms with Crippen molar-refractivity contribution in [1.82, 2.24) is 24.8 Å². The molecule has 2 aliphatic rings. The molecular formula is C24H29N5O3. The summed E-state index contributed by atoms with van der Waals surface area (Å²) in [4.78, 5) is 23.5. The van der Waals surface area contributed by atoms with E-state index in [1.54, 1.807) is 0 Å². The van der Waals surface area contributed by atoms with E-state index in [1.807, 2.05) is 42.0 Å². The number of ether oxygens (including phenoxy) is 2. The number of fused-ring (bicyclic) bond motifs is 2. The summed E-state index contributed by atoms with van der Waals surface area (Å²) in [6.07, 6.45) is 5.46. The molecule has 3 aromatic rings. The maximum Gasteiger partial charge on any atom is 0.269 e. The van der Waals surface area contributed by atoms with Crippen LogP contribution < -0.4 is 20.3 Å². The number of benzene rings is 1. The Morgan fingerprint density at radius 2 is 1.91 bits per heavy atom. The van der Waals surface area contributed by atoms with E-state index in [1.165, 1.54) is 6.20 Å². The third-order valence-corrected chi connectivity index (χ3v) is 6.28. The highest BCUT2D eigenvalue weighted by molar-refractivity contribution is 5.75. The fourth-order valence-corrected chi connectivity index (χ4v) is 4.44. The lowest BCUT2D eigenvalue weighted by Gasteiger charge is -2.32. The van der Waals surface area contributed by atoms with E-state index in [0.29, 0.717) is 31.7 Å². The van der Waals surface area contributed by atoms with Gasteiger partial charge in [0.2, 0.25) is 0 Å². The van der Waals surface area contributed by atoms with Gasteiger partial charge < -0.3 is 24.3 Å². The number of hydrogen-bond donors (Lipinski definition) is 1. The van der Waals surface area contributed by atoms with Crippen LogP contribution in [0.4, 0.5) is 0 Å².